The van der Waals surface area contributed by atoms with Gasteiger partial charge in [-0.2, -0.15) is 0 Å². The number of aromatic nitrogens is 2. The van der Waals surface area contributed by atoms with Gasteiger partial charge in [0.15, 0.2) is 5.96 Å². The highest BCUT2D eigenvalue weighted by atomic mass is 127. The van der Waals surface area contributed by atoms with E-state index < -0.39 is 0 Å². The summed E-state index contributed by atoms with van der Waals surface area (Å²) in [6.07, 6.45) is 6.82. The van der Waals surface area contributed by atoms with Gasteiger partial charge in [0.25, 0.3) is 0 Å². The number of rotatable bonds is 6. The summed E-state index contributed by atoms with van der Waals surface area (Å²) in [4.78, 5) is 8.50. The highest BCUT2D eigenvalue weighted by Gasteiger charge is 1.98. The van der Waals surface area contributed by atoms with Crippen molar-refractivity contribution in [2.24, 2.45) is 4.99 Å². The third-order valence-electron chi connectivity index (χ3n) is 2.95. The Hall–Kier alpha value is -1.57. The van der Waals surface area contributed by atoms with Gasteiger partial charge in [0.05, 0.1) is 0 Å². The molecule has 21 heavy (non-hydrogen) atoms. The first kappa shape index (κ1) is 17.5. The van der Waals surface area contributed by atoms with Crippen LogP contribution in [0.2, 0.25) is 0 Å². The number of nitrogens with one attached hydrogen (secondary N) is 2. The molecule has 5 nitrogen and oxygen atoms in total. The van der Waals surface area contributed by atoms with Gasteiger partial charge in [0.1, 0.15) is 0 Å². The van der Waals surface area contributed by atoms with Gasteiger partial charge in [-0.15, -0.1) is 24.0 Å². The lowest BCUT2D eigenvalue weighted by molar-refractivity contribution is 0.664. The van der Waals surface area contributed by atoms with Gasteiger partial charge < -0.3 is 15.2 Å². The van der Waals surface area contributed by atoms with Gasteiger partial charge in [-0.1, -0.05) is 6.07 Å². The molecule has 0 saturated carbocycles. The van der Waals surface area contributed by atoms with Crippen molar-refractivity contribution in [1.29, 1.82) is 0 Å². The van der Waals surface area contributed by atoms with E-state index in [1.807, 2.05) is 36.5 Å². The van der Waals surface area contributed by atoms with Crippen molar-refractivity contribution in [2.45, 2.75) is 13.0 Å². The van der Waals surface area contributed by atoms with E-state index in [2.05, 4.69) is 37.6 Å². The number of halogens is 1. The SMILES string of the molecule is CN=C(NCCc1ccccn1)NCCn1cccc1.I. The number of hydrogen-bond donors (Lipinski definition) is 2. The average molecular weight is 399 g/mol. The topological polar surface area (TPSA) is 54.2 Å². The summed E-state index contributed by atoms with van der Waals surface area (Å²) in [6.45, 7) is 2.59. The average Bonchev–Trinajstić information content (AvgIpc) is 3.00. The maximum absolute atomic E-state index is 4.29. The summed E-state index contributed by atoms with van der Waals surface area (Å²) in [7, 11) is 1.78. The van der Waals surface area contributed by atoms with Gasteiger partial charge in [-0.05, 0) is 24.3 Å². The van der Waals surface area contributed by atoms with E-state index in [0.29, 0.717) is 0 Å². The quantitative estimate of drug-likeness (QED) is 0.443. The molecule has 6 heteroatoms. The van der Waals surface area contributed by atoms with E-state index in [1.165, 1.54) is 0 Å². The van der Waals surface area contributed by atoms with Crippen molar-refractivity contribution in [2.75, 3.05) is 20.1 Å². The Labute approximate surface area is 142 Å². The van der Waals surface area contributed by atoms with Crippen LogP contribution < -0.4 is 10.6 Å². The molecule has 0 radical (unpaired) electrons. The van der Waals surface area contributed by atoms with Crippen LogP contribution >= 0.6 is 24.0 Å². The van der Waals surface area contributed by atoms with Crippen LogP contribution in [0.25, 0.3) is 0 Å². The molecule has 2 rings (SSSR count). The fourth-order valence-electron chi connectivity index (χ4n) is 1.90. The molecule has 0 amide bonds. The third-order valence-corrected chi connectivity index (χ3v) is 2.95. The highest BCUT2D eigenvalue weighted by Crippen LogP contribution is 1.93. The van der Waals surface area contributed by atoms with Crippen LogP contribution in [-0.4, -0.2) is 35.6 Å². The van der Waals surface area contributed by atoms with E-state index in [-0.39, 0.29) is 24.0 Å². The molecule has 2 aromatic heterocycles. The summed E-state index contributed by atoms with van der Waals surface area (Å²) in [5, 5.41) is 6.58. The Morgan fingerprint density at radius 1 is 1.14 bits per heavy atom. The van der Waals surface area contributed by atoms with Crippen LogP contribution in [0.15, 0.2) is 53.9 Å². The first-order valence-corrected chi connectivity index (χ1v) is 6.83. The maximum Gasteiger partial charge on any atom is 0.191 e. The number of hydrogen-bond acceptors (Lipinski definition) is 2. The van der Waals surface area contributed by atoms with Crippen LogP contribution in [0.3, 0.4) is 0 Å². The second kappa shape index (κ2) is 10.2. The molecule has 114 valence electrons. The largest absolute Gasteiger partial charge is 0.356 e. The number of nitrogens with zero attached hydrogens (tertiary/aromatic N) is 3. The fourth-order valence-corrected chi connectivity index (χ4v) is 1.90. The molecular formula is C15H22IN5. The fraction of sp³-hybridized carbons (Fsp3) is 0.333. The van der Waals surface area contributed by atoms with E-state index in [1.54, 1.807) is 7.05 Å². The predicted molar refractivity (Wildman–Crippen MR) is 97.2 cm³/mol. The van der Waals surface area contributed by atoms with Gasteiger partial charge in [-0.25, -0.2) is 0 Å². The molecule has 0 bridgehead atoms. The van der Waals surface area contributed by atoms with Crippen molar-refractivity contribution in [3.05, 3.63) is 54.6 Å². The van der Waals surface area contributed by atoms with Crippen LogP contribution in [0.5, 0.6) is 0 Å². The van der Waals surface area contributed by atoms with E-state index >= 15 is 0 Å². The Balaban J connectivity index is 0.00000220. The van der Waals surface area contributed by atoms with Crippen LogP contribution in [0.1, 0.15) is 5.69 Å². The first-order chi connectivity index (χ1) is 9.88. The molecule has 0 atom stereocenters. The smallest absolute Gasteiger partial charge is 0.191 e. The minimum atomic E-state index is 0. The van der Waals surface area contributed by atoms with E-state index in [0.717, 1.165) is 37.7 Å². The minimum Gasteiger partial charge on any atom is -0.356 e. The minimum absolute atomic E-state index is 0. The number of pyridine rings is 1. The molecule has 2 N–H and O–H groups in total. The number of guanidine groups is 1. The van der Waals surface area contributed by atoms with Crippen molar-refractivity contribution in [3.8, 4) is 0 Å². The molecule has 2 heterocycles. The van der Waals surface area contributed by atoms with Crippen LogP contribution in [-0.2, 0) is 13.0 Å². The number of aliphatic imine (C=N–C) groups is 1. The van der Waals surface area contributed by atoms with Crippen molar-refractivity contribution in [3.63, 3.8) is 0 Å². The lowest BCUT2D eigenvalue weighted by Crippen LogP contribution is -2.39. The molecule has 0 aliphatic heterocycles. The summed E-state index contributed by atoms with van der Waals surface area (Å²) >= 11 is 0. The van der Waals surface area contributed by atoms with Crippen molar-refractivity contribution in [1.82, 2.24) is 20.2 Å². The zero-order valence-electron chi connectivity index (χ0n) is 12.2. The van der Waals surface area contributed by atoms with Crippen molar-refractivity contribution < 1.29 is 0 Å². The second-order valence-corrected chi connectivity index (χ2v) is 4.42. The van der Waals surface area contributed by atoms with Gasteiger partial charge in [0, 0.05) is 57.4 Å². The first-order valence-electron chi connectivity index (χ1n) is 6.83. The standard InChI is InChI=1S/C15H21N5.HI/c1-16-15(19-10-13-20-11-4-5-12-20)18-9-7-14-6-2-3-8-17-14;/h2-6,8,11-12H,7,9-10,13H2,1H3,(H2,16,18,19);1H. The normalized spacial score (nSPS) is 10.8. The molecule has 0 saturated heterocycles. The zero-order chi connectivity index (χ0) is 14.0. The molecule has 0 aromatic carbocycles. The lowest BCUT2D eigenvalue weighted by Gasteiger charge is -2.12. The van der Waals surface area contributed by atoms with E-state index in [4.69, 9.17) is 0 Å². The molecule has 0 fully saturated rings. The molecule has 0 aliphatic rings. The Kier molecular flexibility index (Phi) is 8.49. The monoisotopic (exact) mass is 399 g/mol. The summed E-state index contributed by atoms with van der Waals surface area (Å²) < 4.78 is 2.13. The van der Waals surface area contributed by atoms with Gasteiger partial charge in [-0.3, -0.25) is 9.98 Å². The van der Waals surface area contributed by atoms with E-state index in [9.17, 15) is 0 Å². The molecular weight excluding hydrogens is 377 g/mol. The second-order valence-electron chi connectivity index (χ2n) is 4.42. The summed E-state index contributed by atoms with van der Waals surface area (Å²) in [5.41, 5.74) is 1.09. The summed E-state index contributed by atoms with van der Waals surface area (Å²) in [5.74, 6) is 0.827. The van der Waals surface area contributed by atoms with Crippen molar-refractivity contribution >= 4 is 29.9 Å². The lowest BCUT2D eigenvalue weighted by atomic mass is 10.3. The zero-order valence-corrected chi connectivity index (χ0v) is 14.5. The Morgan fingerprint density at radius 3 is 2.57 bits per heavy atom. The molecule has 0 spiro atoms. The Bertz CT molecular complexity index is 510. The molecule has 2 aromatic rings. The molecule has 0 unspecified atom stereocenters. The molecule has 0 aliphatic carbocycles. The Morgan fingerprint density at radius 2 is 1.90 bits per heavy atom. The predicted octanol–water partition coefficient (Wildman–Crippen LogP) is 1.91. The summed E-state index contributed by atoms with van der Waals surface area (Å²) in [6, 6.07) is 10.0. The van der Waals surface area contributed by atoms with Crippen LogP contribution in [0.4, 0.5) is 0 Å². The maximum atomic E-state index is 4.29. The van der Waals surface area contributed by atoms with Gasteiger partial charge in [0.2, 0.25) is 0 Å². The third kappa shape index (κ3) is 6.61. The van der Waals surface area contributed by atoms with Gasteiger partial charge >= 0.3 is 0 Å². The van der Waals surface area contributed by atoms with Crippen LogP contribution in [0, 0.1) is 0 Å². The highest BCUT2D eigenvalue weighted by molar-refractivity contribution is 14.0.